The van der Waals surface area contributed by atoms with E-state index in [1.165, 1.54) is 6.92 Å². The Morgan fingerprint density at radius 2 is 1.90 bits per heavy atom. The van der Waals surface area contributed by atoms with Crippen molar-refractivity contribution in [3.05, 3.63) is 72.1 Å². The van der Waals surface area contributed by atoms with E-state index in [0.29, 0.717) is 23.4 Å². The summed E-state index contributed by atoms with van der Waals surface area (Å²) in [7, 11) is 0. The Morgan fingerprint density at radius 3 is 2.63 bits per heavy atom. The van der Waals surface area contributed by atoms with Crippen LogP contribution in [0.1, 0.15) is 22.8 Å². The largest absolute Gasteiger partial charge is 0.326 e. The number of hydrogen-bond acceptors (Lipinski definition) is 5. The first-order chi connectivity index (χ1) is 14.6. The van der Waals surface area contributed by atoms with Gasteiger partial charge < -0.3 is 10.2 Å². The topological polar surface area (TPSA) is 86.1 Å². The van der Waals surface area contributed by atoms with E-state index in [0.717, 1.165) is 27.5 Å². The average Bonchev–Trinajstić information content (AvgIpc) is 2.78. The smallest absolute Gasteiger partial charge is 0.260 e. The number of amides is 2. The Balaban J connectivity index is 1.74. The number of nitrogens with one attached hydrogen (secondary N) is 1. The molecule has 3 aromatic rings. The van der Waals surface area contributed by atoms with Gasteiger partial charge >= 0.3 is 0 Å². The van der Waals surface area contributed by atoms with Crippen molar-refractivity contribution >= 4 is 35.0 Å². The number of fused-ring (bicyclic) bond motifs is 1. The Hall–Kier alpha value is -3.63. The van der Waals surface area contributed by atoms with Crippen LogP contribution in [0.2, 0.25) is 0 Å². The molecule has 2 amide bonds. The number of rotatable bonds is 3. The van der Waals surface area contributed by atoms with Gasteiger partial charge in [-0.2, -0.15) is 5.26 Å². The van der Waals surface area contributed by atoms with Crippen LogP contribution in [-0.4, -0.2) is 29.1 Å². The van der Waals surface area contributed by atoms with E-state index >= 15 is 0 Å². The number of hydrogen-bond donors (Lipinski definition) is 1. The molecule has 0 radical (unpaired) electrons. The molecule has 0 saturated carbocycles. The number of thioether (sulfide) groups is 1. The Bertz CT molecular complexity index is 1170. The van der Waals surface area contributed by atoms with Crippen molar-refractivity contribution in [2.45, 2.75) is 11.8 Å². The van der Waals surface area contributed by atoms with Crippen LogP contribution in [-0.2, 0) is 4.79 Å². The third kappa shape index (κ3) is 3.78. The highest BCUT2D eigenvalue weighted by atomic mass is 32.2. The highest BCUT2D eigenvalue weighted by molar-refractivity contribution is 7.99. The van der Waals surface area contributed by atoms with Crippen molar-refractivity contribution in [3.8, 4) is 17.2 Å². The van der Waals surface area contributed by atoms with Crippen LogP contribution in [0, 0.1) is 11.3 Å². The molecule has 7 heteroatoms. The first-order valence-electron chi connectivity index (χ1n) is 9.38. The van der Waals surface area contributed by atoms with E-state index in [2.05, 4.69) is 16.4 Å². The standard InChI is InChI=1S/C23H18N4O2S/c1-15(28)26-20-5-3-2-4-18(20)23(29)27-10-11-30-22-19(13-25-14-21(22)27)17-8-6-16(12-24)7-9-17/h2-9,13-14H,10-11H2,1H3,(H,26,28). The summed E-state index contributed by atoms with van der Waals surface area (Å²) >= 11 is 1.68. The minimum Gasteiger partial charge on any atom is -0.326 e. The molecule has 4 rings (SSSR count). The van der Waals surface area contributed by atoms with E-state index in [9.17, 15) is 9.59 Å². The van der Waals surface area contributed by atoms with Crippen molar-refractivity contribution < 1.29 is 9.59 Å². The fourth-order valence-electron chi connectivity index (χ4n) is 3.40. The number of nitrogens with zero attached hydrogens (tertiary/aromatic N) is 3. The number of anilines is 2. The second-order valence-corrected chi connectivity index (χ2v) is 7.86. The van der Waals surface area contributed by atoms with Crippen molar-refractivity contribution in [1.29, 1.82) is 5.26 Å². The summed E-state index contributed by atoms with van der Waals surface area (Å²) in [5, 5.41) is 11.8. The summed E-state index contributed by atoms with van der Waals surface area (Å²) in [5.74, 6) is 0.336. The Kier molecular flexibility index (Phi) is 5.50. The van der Waals surface area contributed by atoms with Gasteiger partial charge in [0.2, 0.25) is 5.91 Å². The molecule has 0 spiro atoms. The van der Waals surface area contributed by atoms with Crippen LogP contribution >= 0.6 is 11.8 Å². The van der Waals surface area contributed by atoms with Crippen LogP contribution in [0.4, 0.5) is 11.4 Å². The molecule has 2 aromatic carbocycles. The average molecular weight is 414 g/mol. The molecule has 1 N–H and O–H groups in total. The predicted octanol–water partition coefficient (Wildman–Crippen LogP) is 4.33. The first-order valence-corrected chi connectivity index (χ1v) is 10.4. The van der Waals surface area contributed by atoms with E-state index in [-0.39, 0.29) is 11.8 Å². The molecule has 0 aliphatic carbocycles. The van der Waals surface area contributed by atoms with Crippen LogP contribution in [0.25, 0.3) is 11.1 Å². The molecule has 0 bridgehead atoms. The van der Waals surface area contributed by atoms with Gasteiger partial charge in [-0.1, -0.05) is 24.3 Å². The molecule has 1 aliphatic rings. The van der Waals surface area contributed by atoms with Crippen molar-refractivity contribution in [3.63, 3.8) is 0 Å². The molecule has 0 saturated heterocycles. The summed E-state index contributed by atoms with van der Waals surface area (Å²) in [6, 6.07) is 16.5. The molecular formula is C23H18N4O2S. The van der Waals surface area contributed by atoms with Crippen LogP contribution in [0.3, 0.4) is 0 Å². The monoisotopic (exact) mass is 414 g/mol. The number of benzene rings is 2. The molecule has 0 unspecified atom stereocenters. The van der Waals surface area contributed by atoms with Gasteiger partial charge in [0.25, 0.3) is 5.91 Å². The quantitative estimate of drug-likeness (QED) is 0.689. The molecule has 30 heavy (non-hydrogen) atoms. The molecule has 0 atom stereocenters. The molecule has 1 aliphatic heterocycles. The van der Waals surface area contributed by atoms with Crippen LogP contribution in [0.5, 0.6) is 0 Å². The third-order valence-electron chi connectivity index (χ3n) is 4.77. The van der Waals surface area contributed by atoms with E-state index in [1.807, 2.05) is 12.1 Å². The number of carbonyl (C=O) groups excluding carboxylic acids is 2. The summed E-state index contributed by atoms with van der Waals surface area (Å²) < 4.78 is 0. The molecule has 2 heterocycles. The second kappa shape index (κ2) is 8.39. The van der Waals surface area contributed by atoms with Crippen LogP contribution in [0.15, 0.2) is 65.8 Å². The lowest BCUT2D eigenvalue weighted by Crippen LogP contribution is -2.36. The highest BCUT2D eigenvalue weighted by Crippen LogP contribution is 2.42. The van der Waals surface area contributed by atoms with E-state index < -0.39 is 0 Å². The number of para-hydroxylation sites is 1. The lowest BCUT2D eigenvalue weighted by atomic mass is 10.0. The zero-order chi connectivity index (χ0) is 21.1. The normalized spacial score (nSPS) is 12.6. The number of pyridine rings is 1. The van der Waals surface area contributed by atoms with Gasteiger partial charge in [-0.15, -0.1) is 11.8 Å². The van der Waals surface area contributed by atoms with Crippen molar-refractivity contribution in [2.75, 3.05) is 22.5 Å². The number of carbonyl (C=O) groups is 2. The fourth-order valence-corrected chi connectivity index (χ4v) is 4.51. The zero-order valence-electron chi connectivity index (χ0n) is 16.3. The predicted molar refractivity (Wildman–Crippen MR) is 118 cm³/mol. The zero-order valence-corrected chi connectivity index (χ0v) is 17.1. The lowest BCUT2D eigenvalue weighted by Gasteiger charge is -2.30. The maximum absolute atomic E-state index is 13.4. The van der Waals surface area contributed by atoms with Gasteiger partial charge in [0.15, 0.2) is 0 Å². The SMILES string of the molecule is CC(=O)Nc1ccccc1C(=O)N1CCSc2c(-c3ccc(C#N)cc3)cncc21. The third-order valence-corrected chi connectivity index (χ3v) is 5.87. The van der Waals surface area contributed by atoms with E-state index in [1.54, 1.807) is 65.5 Å². The van der Waals surface area contributed by atoms with Crippen molar-refractivity contribution in [1.82, 2.24) is 4.98 Å². The summed E-state index contributed by atoms with van der Waals surface area (Å²) in [6.07, 6.45) is 3.49. The van der Waals surface area contributed by atoms with Gasteiger partial charge in [0.05, 0.1) is 34.8 Å². The first kappa shape index (κ1) is 19.7. The molecular weight excluding hydrogens is 396 g/mol. The summed E-state index contributed by atoms with van der Waals surface area (Å²) in [5.41, 5.74) is 4.14. The van der Waals surface area contributed by atoms with Crippen LogP contribution < -0.4 is 10.2 Å². The minimum atomic E-state index is -0.227. The summed E-state index contributed by atoms with van der Waals surface area (Å²) in [4.78, 5) is 32.0. The second-order valence-electron chi connectivity index (χ2n) is 6.76. The minimum absolute atomic E-state index is 0.181. The Morgan fingerprint density at radius 1 is 1.13 bits per heavy atom. The number of nitriles is 1. The molecule has 148 valence electrons. The Labute approximate surface area is 178 Å². The van der Waals surface area contributed by atoms with Gasteiger partial charge in [-0.05, 0) is 29.8 Å². The van der Waals surface area contributed by atoms with Gasteiger partial charge in [0, 0.05) is 35.9 Å². The maximum Gasteiger partial charge on any atom is 0.260 e. The van der Waals surface area contributed by atoms with E-state index in [4.69, 9.17) is 5.26 Å². The molecule has 1 aromatic heterocycles. The molecule has 6 nitrogen and oxygen atoms in total. The van der Waals surface area contributed by atoms with Gasteiger partial charge in [-0.3, -0.25) is 14.6 Å². The molecule has 0 fully saturated rings. The fraction of sp³-hybridized carbons (Fsp3) is 0.130. The maximum atomic E-state index is 13.4. The van der Waals surface area contributed by atoms with Gasteiger partial charge in [-0.25, -0.2) is 0 Å². The lowest BCUT2D eigenvalue weighted by molar-refractivity contribution is -0.114. The summed E-state index contributed by atoms with van der Waals surface area (Å²) in [6.45, 7) is 1.96. The number of aromatic nitrogens is 1. The van der Waals surface area contributed by atoms with Gasteiger partial charge in [0.1, 0.15) is 0 Å². The van der Waals surface area contributed by atoms with Crippen molar-refractivity contribution in [2.24, 2.45) is 0 Å². The highest BCUT2D eigenvalue weighted by Gasteiger charge is 2.28.